The van der Waals surface area contributed by atoms with Gasteiger partial charge in [-0.05, 0) is 36.6 Å². The van der Waals surface area contributed by atoms with E-state index in [0.29, 0.717) is 24.4 Å². The van der Waals surface area contributed by atoms with Crippen molar-refractivity contribution in [1.82, 2.24) is 0 Å². The van der Waals surface area contributed by atoms with Crippen LogP contribution in [0.1, 0.15) is 19.8 Å². The minimum absolute atomic E-state index is 0.344. The van der Waals surface area contributed by atoms with Gasteiger partial charge in [0.15, 0.2) is 0 Å². The van der Waals surface area contributed by atoms with Gasteiger partial charge in [0.05, 0.1) is 0 Å². The predicted molar refractivity (Wildman–Crippen MR) is 69.8 cm³/mol. The topological polar surface area (TPSA) is 20.2 Å². The third kappa shape index (κ3) is 3.46. The molecule has 3 atom stereocenters. The molecule has 0 unspecified atom stereocenters. The number of hydrogen-bond acceptors (Lipinski definition) is 1. The molecule has 0 heterocycles. The fourth-order valence-corrected chi connectivity index (χ4v) is 4.52. The molecular formula is C13H26OSi. The van der Waals surface area contributed by atoms with Gasteiger partial charge in [-0.2, -0.15) is 0 Å². The Hall–Kier alpha value is -0.0831. The fraction of sp³-hybridized carbons (Fsp3) is 0.846. The SMILES string of the molecule is C=C(C[Si](C)(C)C)[C@H]1CC[C@H](C)[C@@H]1CO. The molecule has 88 valence electrons. The van der Waals surface area contributed by atoms with Crippen LogP contribution in [0.25, 0.3) is 0 Å². The van der Waals surface area contributed by atoms with Crippen LogP contribution in [-0.2, 0) is 0 Å². The monoisotopic (exact) mass is 226 g/mol. The van der Waals surface area contributed by atoms with Gasteiger partial charge in [-0.3, -0.25) is 0 Å². The molecule has 0 aromatic heterocycles. The second kappa shape index (κ2) is 4.83. The summed E-state index contributed by atoms with van der Waals surface area (Å²) < 4.78 is 0. The minimum atomic E-state index is -1.03. The molecule has 0 aliphatic heterocycles. The molecule has 2 heteroatoms. The highest BCUT2D eigenvalue weighted by atomic mass is 28.3. The van der Waals surface area contributed by atoms with Crippen molar-refractivity contribution >= 4 is 8.07 Å². The Labute approximate surface area is 95.6 Å². The first-order valence-electron chi connectivity index (χ1n) is 6.13. The van der Waals surface area contributed by atoms with Crippen molar-refractivity contribution < 1.29 is 5.11 Å². The van der Waals surface area contributed by atoms with Gasteiger partial charge >= 0.3 is 0 Å². The van der Waals surface area contributed by atoms with Crippen LogP contribution in [0.15, 0.2) is 12.2 Å². The molecule has 15 heavy (non-hydrogen) atoms. The van der Waals surface area contributed by atoms with Crippen LogP contribution in [-0.4, -0.2) is 19.8 Å². The van der Waals surface area contributed by atoms with Crippen LogP contribution in [0.4, 0.5) is 0 Å². The van der Waals surface area contributed by atoms with E-state index in [0.717, 1.165) is 0 Å². The van der Waals surface area contributed by atoms with Crippen molar-refractivity contribution in [3.05, 3.63) is 12.2 Å². The Kier molecular flexibility index (Phi) is 4.18. The van der Waals surface area contributed by atoms with E-state index in [9.17, 15) is 5.11 Å². The Balaban J connectivity index is 2.60. The van der Waals surface area contributed by atoms with Crippen LogP contribution in [0, 0.1) is 17.8 Å². The predicted octanol–water partition coefficient (Wildman–Crippen LogP) is 3.54. The third-order valence-electron chi connectivity index (χ3n) is 3.67. The van der Waals surface area contributed by atoms with Gasteiger partial charge in [0.1, 0.15) is 0 Å². The number of rotatable bonds is 4. The maximum Gasteiger partial charge on any atom is 0.0483 e. The molecular weight excluding hydrogens is 200 g/mol. The van der Waals surface area contributed by atoms with E-state index in [-0.39, 0.29) is 0 Å². The van der Waals surface area contributed by atoms with Gasteiger partial charge in [0.25, 0.3) is 0 Å². The van der Waals surface area contributed by atoms with Crippen molar-refractivity contribution in [2.75, 3.05) is 6.61 Å². The highest BCUT2D eigenvalue weighted by molar-refractivity contribution is 6.76. The zero-order valence-electron chi connectivity index (χ0n) is 10.7. The molecule has 0 spiro atoms. The molecule has 0 saturated heterocycles. The van der Waals surface area contributed by atoms with Crippen LogP contribution >= 0.6 is 0 Å². The van der Waals surface area contributed by atoms with Gasteiger partial charge < -0.3 is 5.11 Å². The number of aliphatic hydroxyl groups is 1. The average Bonchev–Trinajstić information content (AvgIpc) is 2.43. The van der Waals surface area contributed by atoms with Gasteiger partial charge in [0.2, 0.25) is 0 Å². The van der Waals surface area contributed by atoms with E-state index >= 15 is 0 Å². The first-order chi connectivity index (χ1) is 6.85. The zero-order valence-corrected chi connectivity index (χ0v) is 11.7. The molecule has 0 aromatic rings. The first kappa shape index (κ1) is 13.0. The summed E-state index contributed by atoms with van der Waals surface area (Å²) in [6.07, 6.45) is 2.51. The standard InChI is InChI=1S/C13H26OSi/c1-10-6-7-12(13(10)8-14)11(2)9-15(3,4)5/h10,12-14H,2,6-9H2,1,3-5H3/t10-,12+,13-/m0/s1. The summed E-state index contributed by atoms with van der Waals surface area (Å²) in [5.74, 6) is 1.75. The van der Waals surface area contributed by atoms with E-state index in [4.69, 9.17) is 0 Å². The number of hydrogen-bond donors (Lipinski definition) is 1. The lowest BCUT2D eigenvalue weighted by molar-refractivity contribution is 0.178. The molecule has 1 rings (SSSR count). The van der Waals surface area contributed by atoms with E-state index < -0.39 is 8.07 Å². The number of aliphatic hydroxyl groups excluding tert-OH is 1. The number of allylic oxidation sites excluding steroid dienone is 1. The van der Waals surface area contributed by atoms with Gasteiger partial charge in [0, 0.05) is 14.7 Å². The molecule has 0 radical (unpaired) electrons. The summed E-state index contributed by atoms with van der Waals surface area (Å²) in [5, 5.41) is 9.42. The molecule has 0 amide bonds. The second-order valence-electron chi connectivity index (χ2n) is 6.40. The summed E-state index contributed by atoms with van der Waals surface area (Å²) in [5.41, 5.74) is 1.41. The molecule has 1 aliphatic carbocycles. The van der Waals surface area contributed by atoms with Crippen LogP contribution in [0.5, 0.6) is 0 Å². The van der Waals surface area contributed by atoms with Crippen molar-refractivity contribution in [2.45, 2.75) is 45.5 Å². The Morgan fingerprint density at radius 1 is 1.33 bits per heavy atom. The summed E-state index contributed by atoms with van der Waals surface area (Å²) in [6.45, 7) is 14.1. The lowest BCUT2D eigenvalue weighted by Crippen LogP contribution is -2.25. The highest BCUT2D eigenvalue weighted by Gasteiger charge is 2.35. The van der Waals surface area contributed by atoms with Crippen LogP contribution in [0.3, 0.4) is 0 Å². The largest absolute Gasteiger partial charge is 0.396 e. The zero-order chi connectivity index (χ0) is 11.6. The Morgan fingerprint density at radius 3 is 2.40 bits per heavy atom. The molecule has 0 aromatic carbocycles. The van der Waals surface area contributed by atoms with Crippen LogP contribution < -0.4 is 0 Å². The fourth-order valence-electron chi connectivity index (χ4n) is 2.89. The van der Waals surface area contributed by atoms with Crippen molar-refractivity contribution in [3.63, 3.8) is 0 Å². The quantitative estimate of drug-likeness (QED) is 0.574. The Bertz CT molecular complexity index is 229. The van der Waals surface area contributed by atoms with Crippen molar-refractivity contribution in [3.8, 4) is 0 Å². The lowest BCUT2D eigenvalue weighted by Gasteiger charge is -2.26. The normalized spacial score (nSPS) is 31.9. The summed E-state index contributed by atoms with van der Waals surface area (Å²) in [4.78, 5) is 0. The van der Waals surface area contributed by atoms with Gasteiger partial charge in [-0.15, -0.1) is 0 Å². The van der Waals surface area contributed by atoms with Crippen LogP contribution in [0.2, 0.25) is 25.7 Å². The lowest BCUT2D eigenvalue weighted by atomic mass is 9.87. The molecule has 1 nitrogen and oxygen atoms in total. The third-order valence-corrected chi connectivity index (χ3v) is 5.19. The summed E-state index contributed by atoms with van der Waals surface area (Å²) in [7, 11) is -1.03. The first-order valence-corrected chi connectivity index (χ1v) is 9.84. The molecule has 1 aliphatic rings. The minimum Gasteiger partial charge on any atom is -0.396 e. The molecule has 1 N–H and O–H groups in total. The van der Waals surface area contributed by atoms with E-state index in [2.05, 4.69) is 33.1 Å². The van der Waals surface area contributed by atoms with E-state index in [1.165, 1.54) is 24.5 Å². The second-order valence-corrected chi connectivity index (χ2v) is 11.9. The van der Waals surface area contributed by atoms with Crippen molar-refractivity contribution in [1.29, 1.82) is 0 Å². The summed E-state index contributed by atoms with van der Waals surface area (Å²) >= 11 is 0. The molecule has 0 bridgehead atoms. The maximum absolute atomic E-state index is 9.42. The molecule has 1 fully saturated rings. The smallest absolute Gasteiger partial charge is 0.0483 e. The summed E-state index contributed by atoms with van der Waals surface area (Å²) in [6, 6.07) is 1.22. The van der Waals surface area contributed by atoms with E-state index in [1.807, 2.05) is 0 Å². The van der Waals surface area contributed by atoms with Gasteiger partial charge in [-0.25, -0.2) is 0 Å². The highest BCUT2D eigenvalue weighted by Crippen LogP contribution is 2.42. The van der Waals surface area contributed by atoms with Crippen molar-refractivity contribution in [2.24, 2.45) is 17.8 Å². The van der Waals surface area contributed by atoms with Gasteiger partial charge in [-0.1, -0.05) is 38.7 Å². The maximum atomic E-state index is 9.42. The van der Waals surface area contributed by atoms with E-state index in [1.54, 1.807) is 0 Å². The average molecular weight is 226 g/mol. The Morgan fingerprint density at radius 2 is 1.93 bits per heavy atom. The molecule has 1 saturated carbocycles.